The first-order valence-corrected chi connectivity index (χ1v) is 12.1. The molecule has 0 aliphatic carbocycles. The van der Waals surface area contributed by atoms with Gasteiger partial charge < -0.3 is 24.0 Å². The third-order valence-electron chi connectivity index (χ3n) is 7.19. The molecule has 5 rings (SSSR count). The lowest BCUT2D eigenvalue weighted by Gasteiger charge is -2.38. The van der Waals surface area contributed by atoms with Crippen molar-refractivity contribution >= 4 is 11.6 Å². The number of piperidine rings is 1. The molecule has 2 aliphatic heterocycles. The van der Waals surface area contributed by atoms with E-state index >= 15 is 0 Å². The van der Waals surface area contributed by atoms with E-state index in [9.17, 15) is 4.79 Å². The van der Waals surface area contributed by atoms with Gasteiger partial charge in [-0.3, -0.25) is 4.79 Å². The quantitative estimate of drug-likeness (QED) is 0.501. The second kappa shape index (κ2) is 10.0. The van der Waals surface area contributed by atoms with Crippen LogP contribution in [-0.2, 0) is 16.8 Å². The topological polar surface area (TPSA) is 51.2 Å². The van der Waals surface area contributed by atoms with E-state index in [1.807, 2.05) is 71.6 Å². The Labute approximate surface area is 207 Å². The Bertz CT molecular complexity index is 1160. The van der Waals surface area contributed by atoms with Crippen LogP contribution >= 0.6 is 0 Å². The zero-order valence-corrected chi connectivity index (χ0v) is 20.4. The Kier molecular flexibility index (Phi) is 6.64. The molecule has 35 heavy (non-hydrogen) atoms. The van der Waals surface area contributed by atoms with Crippen molar-refractivity contribution in [2.24, 2.45) is 0 Å². The molecule has 3 aromatic carbocycles. The second-order valence-electron chi connectivity index (χ2n) is 9.46. The summed E-state index contributed by atoms with van der Waals surface area (Å²) in [4.78, 5) is 17.7. The smallest absolute Gasteiger partial charge is 0.264 e. The molecule has 1 spiro atoms. The fourth-order valence-electron chi connectivity index (χ4n) is 5.11. The number of rotatable bonds is 7. The van der Waals surface area contributed by atoms with Crippen LogP contribution in [0.4, 0.5) is 5.69 Å². The van der Waals surface area contributed by atoms with E-state index in [4.69, 9.17) is 14.2 Å². The van der Waals surface area contributed by atoms with Crippen molar-refractivity contribution in [2.75, 3.05) is 45.3 Å². The molecule has 0 aromatic heterocycles. The number of hydrogen-bond acceptors (Lipinski definition) is 5. The molecule has 0 N–H and O–H groups in total. The van der Waals surface area contributed by atoms with Crippen molar-refractivity contribution in [1.82, 2.24) is 4.90 Å². The van der Waals surface area contributed by atoms with E-state index < -0.39 is 0 Å². The summed E-state index contributed by atoms with van der Waals surface area (Å²) in [5.41, 5.74) is 3.06. The number of hydrogen-bond donors (Lipinski definition) is 0. The Morgan fingerprint density at radius 1 is 0.914 bits per heavy atom. The predicted molar refractivity (Wildman–Crippen MR) is 136 cm³/mol. The number of anilines is 1. The monoisotopic (exact) mass is 472 g/mol. The van der Waals surface area contributed by atoms with Crippen molar-refractivity contribution in [2.45, 2.75) is 24.9 Å². The van der Waals surface area contributed by atoms with Crippen LogP contribution in [-0.4, -0.2) is 51.2 Å². The second-order valence-corrected chi connectivity index (χ2v) is 9.46. The standard InChI is InChI=1S/C29H32N2O4/c1-30-15-13-29(14-16-30)21-31(28(32)20-34-23-11-7-4-8-12-23)25-18-27(26(33-2)17-24(25)29)35-19-22-9-5-3-6-10-22/h3-12,17-18H,13-16,19-21H2,1-2H3. The lowest BCUT2D eigenvalue weighted by Crippen LogP contribution is -2.45. The van der Waals surface area contributed by atoms with E-state index in [1.54, 1.807) is 7.11 Å². The maximum atomic E-state index is 13.4. The van der Waals surface area contributed by atoms with Gasteiger partial charge in [-0.25, -0.2) is 0 Å². The molecule has 0 atom stereocenters. The van der Waals surface area contributed by atoms with Crippen LogP contribution < -0.4 is 19.1 Å². The molecular weight excluding hydrogens is 440 g/mol. The molecule has 2 aliphatic rings. The van der Waals surface area contributed by atoms with Gasteiger partial charge in [0.2, 0.25) is 0 Å². The zero-order chi connectivity index (χ0) is 24.3. The normalized spacial score (nSPS) is 16.7. The van der Waals surface area contributed by atoms with Crippen LogP contribution in [0.25, 0.3) is 0 Å². The summed E-state index contributed by atoms with van der Waals surface area (Å²) in [6, 6.07) is 23.6. The van der Waals surface area contributed by atoms with Crippen LogP contribution in [0.15, 0.2) is 72.8 Å². The zero-order valence-electron chi connectivity index (χ0n) is 20.4. The first kappa shape index (κ1) is 23.2. The highest BCUT2D eigenvalue weighted by Gasteiger charge is 2.46. The molecule has 0 unspecified atom stereocenters. The predicted octanol–water partition coefficient (Wildman–Crippen LogP) is 4.66. The summed E-state index contributed by atoms with van der Waals surface area (Å²) < 4.78 is 17.8. The highest BCUT2D eigenvalue weighted by molar-refractivity contribution is 5.98. The largest absolute Gasteiger partial charge is 0.493 e. The van der Waals surface area contributed by atoms with Gasteiger partial charge in [-0.2, -0.15) is 0 Å². The van der Waals surface area contributed by atoms with Crippen LogP contribution in [0, 0.1) is 0 Å². The number of likely N-dealkylation sites (tertiary alicyclic amines) is 1. The van der Waals surface area contributed by atoms with E-state index in [2.05, 4.69) is 18.0 Å². The minimum Gasteiger partial charge on any atom is -0.493 e. The highest BCUT2D eigenvalue weighted by Crippen LogP contribution is 2.50. The number of para-hydroxylation sites is 1. The minimum absolute atomic E-state index is 0.00826. The number of amides is 1. The maximum absolute atomic E-state index is 13.4. The van der Waals surface area contributed by atoms with Crippen molar-refractivity contribution < 1.29 is 19.0 Å². The molecule has 3 aromatic rings. The molecule has 6 nitrogen and oxygen atoms in total. The first-order chi connectivity index (χ1) is 17.1. The Morgan fingerprint density at radius 3 is 2.29 bits per heavy atom. The van der Waals surface area contributed by atoms with Crippen molar-refractivity contribution in [1.29, 1.82) is 0 Å². The van der Waals surface area contributed by atoms with Gasteiger partial charge in [0.25, 0.3) is 5.91 Å². The van der Waals surface area contributed by atoms with Crippen molar-refractivity contribution in [3.05, 3.63) is 83.9 Å². The van der Waals surface area contributed by atoms with E-state index in [1.165, 1.54) is 5.56 Å². The number of nitrogens with zero attached hydrogens (tertiary/aromatic N) is 2. The van der Waals surface area contributed by atoms with Crippen LogP contribution in [0.5, 0.6) is 17.2 Å². The summed E-state index contributed by atoms with van der Waals surface area (Å²) in [5, 5.41) is 0. The van der Waals surface area contributed by atoms with Gasteiger partial charge in [-0.1, -0.05) is 48.5 Å². The molecular formula is C29H32N2O4. The number of fused-ring (bicyclic) bond motifs is 2. The number of ether oxygens (including phenoxy) is 3. The third kappa shape index (κ3) is 4.84. The average Bonchev–Trinajstić information content (AvgIpc) is 3.21. The molecule has 1 fully saturated rings. The van der Waals surface area contributed by atoms with Gasteiger partial charge in [0, 0.05) is 18.0 Å². The Balaban J connectivity index is 1.45. The molecule has 182 valence electrons. The highest BCUT2D eigenvalue weighted by atomic mass is 16.5. The molecule has 6 heteroatoms. The van der Waals surface area contributed by atoms with Crippen molar-refractivity contribution in [3.63, 3.8) is 0 Å². The van der Waals surface area contributed by atoms with Gasteiger partial charge in [-0.15, -0.1) is 0 Å². The summed E-state index contributed by atoms with van der Waals surface area (Å²) >= 11 is 0. The number of benzene rings is 3. The van der Waals surface area contributed by atoms with Crippen LogP contribution in [0.1, 0.15) is 24.0 Å². The van der Waals surface area contributed by atoms with E-state index in [0.717, 1.165) is 37.2 Å². The molecule has 0 saturated carbocycles. The van der Waals surface area contributed by atoms with Gasteiger partial charge in [0.15, 0.2) is 18.1 Å². The summed E-state index contributed by atoms with van der Waals surface area (Å²) in [6.07, 6.45) is 1.99. The third-order valence-corrected chi connectivity index (χ3v) is 7.19. The van der Waals surface area contributed by atoms with Crippen molar-refractivity contribution in [3.8, 4) is 17.2 Å². The molecule has 0 radical (unpaired) electrons. The SMILES string of the molecule is COc1cc2c(cc1OCc1ccccc1)N(C(=O)COc1ccccc1)CC21CCN(C)CC1. The van der Waals surface area contributed by atoms with Gasteiger partial charge in [0.1, 0.15) is 12.4 Å². The van der Waals surface area contributed by atoms with E-state index in [0.29, 0.717) is 30.4 Å². The van der Waals surface area contributed by atoms with Gasteiger partial charge in [-0.05, 0) is 62.3 Å². The summed E-state index contributed by atoms with van der Waals surface area (Å²) in [5.74, 6) is 1.98. The maximum Gasteiger partial charge on any atom is 0.264 e. The minimum atomic E-state index is -0.0878. The average molecular weight is 473 g/mol. The number of carbonyl (C=O) groups excluding carboxylic acids is 1. The lowest BCUT2D eigenvalue weighted by atomic mass is 9.74. The molecule has 2 heterocycles. The Hall–Kier alpha value is -3.51. The fourth-order valence-corrected chi connectivity index (χ4v) is 5.11. The molecule has 0 bridgehead atoms. The fraction of sp³-hybridized carbons (Fsp3) is 0.345. The first-order valence-electron chi connectivity index (χ1n) is 12.1. The molecule has 1 saturated heterocycles. The van der Waals surface area contributed by atoms with Gasteiger partial charge in [0.05, 0.1) is 12.8 Å². The summed E-state index contributed by atoms with van der Waals surface area (Å²) in [7, 11) is 3.82. The van der Waals surface area contributed by atoms with Crippen LogP contribution in [0.2, 0.25) is 0 Å². The van der Waals surface area contributed by atoms with Gasteiger partial charge >= 0.3 is 0 Å². The van der Waals surface area contributed by atoms with Crippen LogP contribution in [0.3, 0.4) is 0 Å². The lowest BCUT2D eigenvalue weighted by molar-refractivity contribution is -0.120. The number of methoxy groups -OCH3 is 1. The Morgan fingerprint density at radius 2 is 1.60 bits per heavy atom. The summed E-state index contributed by atoms with van der Waals surface area (Å²) in [6.45, 7) is 3.06. The van der Waals surface area contributed by atoms with E-state index in [-0.39, 0.29) is 17.9 Å². The number of carbonyl (C=O) groups is 1. The molecule has 1 amide bonds.